The molecule has 6 N–H and O–H groups in total. The van der Waals surface area contributed by atoms with Crippen molar-refractivity contribution in [3.05, 3.63) is 0 Å². The van der Waals surface area contributed by atoms with E-state index in [1.807, 2.05) is 0 Å². The molecule has 0 amide bonds. The van der Waals surface area contributed by atoms with Crippen molar-refractivity contribution in [1.82, 2.24) is 0 Å². The summed E-state index contributed by atoms with van der Waals surface area (Å²) in [6.07, 6.45) is 0. The molecule has 0 spiro atoms. The van der Waals surface area contributed by atoms with Gasteiger partial charge in [0.05, 0.1) is 37.7 Å². The van der Waals surface area contributed by atoms with Crippen LogP contribution in [0.15, 0.2) is 0 Å². The molecule has 0 fully saturated rings. The van der Waals surface area contributed by atoms with Gasteiger partial charge in [0.1, 0.15) is 0 Å². The van der Waals surface area contributed by atoms with Gasteiger partial charge in [-0.15, -0.1) is 0 Å². The smallest absolute Gasteiger partial charge is 0.546 e. The van der Waals surface area contributed by atoms with Crippen LogP contribution in [-0.4, -0.2) is 101 Å². The number of carbonyl (C=O) groups is 3. The van der Waals surface area contributed by atoms with Gasteiger partial charge in [-0.3, -0.25) is 0 Å². The molecule has 0 aliphatic heterocycles. The molecule has 25 heavy (non-hydrogen) atoms. The summed E-state index contributed by atoms with van der Waals surface area (Å²) in [5.74, 6) is -5.70. The summed E-state index contributed by atoms with van der Waals surface area (Å²) < 4.78 is 0. The van der Waals surface area contributed by atoms with Crippen LogP contribution in [0.5, 0.6) is 0 Å². The summed E-state index contributed by atoms with van der Waals surface area (Å²) in [6, 6.07) is 0. The minimum atomic E-state index is -2.62. The van der Waals surface area contributed by atoms with Crippen LogP contribution in [-0.2, 0) is 14.4 Å². The number of hydrogen-bond donors (Lipinski definition) is 6. The standard InChI is InChI=1S/3C3H5ClO4.Al/c3*4-3(8,1-5)2(6)7;/h3*5,8H,1H2,(H,6,7);/q;;;+3/p-3. The van der Waals surface area contributed by atoms with E-state index in [1.54, 1.807) is 0 Å². The molecular weight excluding hydrogens is 433 g/mol. The molecule has 0 aromatic rings. The first-order valence-corrected chi connectivity index (χ1v) is 6.36. The third kappa shape index (κ3) is 15.5. The predicted molar refractivity (Wildman–Crippen MR) is 74.4 cm³/mol. The second-order valence-electron chi connectivity index (χ2n) is 3.61. The van der Waals surface area contributed by atoms with Crippen molar-refractivity contribution in [3.8, 4) is 0 Å². The number of halogens is 3. The van der Waals surface area contributed by atoms with Crippen molar-refractivity contribution in [2.24, 2.45) is 0 Å². The van der Waals surface area contributed by atoms with E-state index in [-0.39, 0.29) is 17.4 Å². The van der Waals surface area contributed by atoms with E-state index in [9.17, 15) is 29.7 Å². The van der Waals surface area contributed by atoms with Crippen molar-refractivity contribution in [2.75, 3.05) is 19.8 Å². The Kier molecular flexibility index (Phi) is 17.7. The quantitative estimate of drug-likeness (QED) is 0.165. The molecule has 0 aliphatic rings. The third-order valence-corrected chi connectivity index (χ3v) is 2.39. The Morgan fingerprint density at radius 2 is 0.760 bits per heavy atom. The van der Waals surface area contributed by atoms with Gasteiger partial charge in [0, 0.05) is 0 Å². The van der Waals surface area contributed by atoms with Gasteiger partial charge in [0.2, 0.25) is 15.2 Å². The minimum absolute atomic E-state index is 0. The predicted octanol–water partition coefficient (Wildman–Crippen LogP) is -7.41. The third-order valence-electron chi connectivity index (χ3n) is 1.57. The van der Waals surface area contributed by atoms with E-state index in [0.717, 1.165) is 0 Å². The Morgan fingerprint density at radius 3 is 0.760 bits per heavy atom. The normalized spacial score (nSPS) is 16.7. The van der Waals surface area contributed by atoms with E-state index in [0.29, 0.717) is 0 Å². The Labute approximate surface area is 165 Å². The number of alkyl halides is 3. The Hall–Kier alpha value is -0.428. The number of aliphatic hydroxyl groups excluding tert-OH is 3. The Morgan fingerprint density at radius 1 is 0.640 bits per heavy atom. The van der Waals surface area contributed by atoms with E-state index < -0.39 is 52.9 Å². The zero-order valence-electron chi connectivity index (χ0n) is 12.0. The summed E-state index contributed by atoms with van der Waals surface area (Å²) >= 11 is 14.1. The Bertz CT molecular complexity index is 366. The molecule has 0 saturated heterocycles. The molecule has 0 aliphatic carbocycles. The Balaban J connectivity index is -0.000000130. The summed E-state index contributed by atoms with van der Waals surface area (Å²) in [6.45, 7) is -3.18. The van der Waals surface area contributed by atoms with Gasteiger partial charge in [0.25, 0.3) is 0 Å². The first-order chi connectivity index (χ1) is 10.5. The van der Waals surface area contributed by atoms with Gasteiger partial charge in [-0.2, -0.15) is 0 Å². The molecule has 0 rings (SSSR count). The maximum absolute atomic E-state index is 9.60. The van der Waals surface area contributed by atoms with Crippen molar-refractivity contribution >= 4 is 70.1 Å². The number of aliphatic hydroxyl groups is 6. The number of hydrogen-bond acceptors (Lipinski definition) is 12. The number of carbonyl (C=O) groups excluding carboxylic acids is 3. The molecule has 16 heteroatoms. The molecule has 0 aromatic carbocycles. The maximum Gasteiger partial charge on any atom is 3.00 e. The fourth-order valence-electron chi connectivity index (χ4n) is 0.194. The van der Waals surface area contributed by atoms with Crippen LogP contribution in [0.3, 0.4) is 0 Å². The summed E-state index contributed by atoms with van der Waals surface area (Å²) in [5.41, 5.74) is 0. The van der Waals surface area contributed by atoms with Gasteiger partial charge >= 0.3 is 17.4 Å². The number of rotatable bonds is 6. The van der Waals surface area contributed by atoms with E-state index in [4.69, 9.17) is 65.4 Å². The number of aliphatic carboxylic acids is 3. The molecule has 0 heterocycles. The van der Waals surface area contributed by atoms with Crippen LogP contribution in [0.4, 0.5) is 0 Å². The first-order valence-electron chi connectivity index (χ1n) is 5.22. The average Bonchev–Trinajstić information content (AvgIpc) is 2.47. The van der Waals surface area contributed by atoms with Crippen LogP contribution >= 0.6 is 34.8 Å². The molecule has 3 atom stereocenters. The molecule has 0 bridgehead atoms. The first kappa shape index (κ1) is 32.3. The SMILES string of the molecule is O=C([O-])C(O)(Cl)CO.O=C([O-])C(O)(Cl)CO.O=C([O-])C(O)(Cl)CO.[Al+3]. The van der Waals surface area contributed by atoms with Crippen LogP contribution in [0.25, 0.3) is 0 Å². The topological polar surface area (TPSA) is 242 Å². The zero-order chi connectivity index (χ0) is 20.4. The van der Waals surface area contributed by atoms with Crippen molar-refractivity contribution in [3.63, 3.8) is 0 Å². The maximum atomic E-state index is 9.60. The molecule has 0 saturated carbocycles. The molecule has 12 nitrogen and oxygen atoms in total. The molecule has 3 unspecified atom stereocenters. The summed E-state index contributed by atoms with van der Waals surface area (Å²) in [5, 5.41) is 69.6. The fourth-order valence-corrected chi connectivity index (χ4v) is 0.194. The minimum Gasteiger partial charge on any atom is -0.546 e. The zero-order valence-corrected chi connectivity index (χ0v) is 15.4. The second kappa shape index (κ2) is 13.7. The van der Waals surface area contributed by atoms with Gasteiger partial charge in [-0.25, -0.2) is 0 Å². The van der Waals surface area contributed by atoms with Crippen LogP contribution in [0.2, 0.25) is 0 Å². The molecule has 0 radical (unpaired) electrons. The molecular formula is C9H12AlCl3O12. The van der Waals surface area contributed by atoms with Crippen LogP contribution in [0, 0.1) is 0 Å². The monoisotopic (exact) mass is 444 g/mol. The van der Waals surface area contributed by atoms with Gasteiger partial charge < -0.3 is 60.3 Å². The summed E-state index contributed by atoms with van der Waals surface area (Å²) in [4.78, 5) is 28.8. The second-order valence-corrected chi connectivity index (χ2v) is 5.49. The molecule has 144 valence electrons. The van der Waals surface area contributed by atoms with Gasteiger partial charge in [-0.05, 0) is 0 Å². The average molecular weight is 446 g/mol. The number of carboxylic acid groups (broad SMARTS) is 3. The van der Waals surface area contributed by atoms with E-state index >= 15 is 0 Å². The van der Waals surface area contributed by atoms with E-state index in [2.05, 4.69) is 0 Å². The van der Waals surface area contributed by atoms with Crippen LogP contribution < -0.4 is 15.3 Å². The van der Waals surface area contributed by atoms with E-state index in [1.165, 1.54) is 0 Å². The summed E-state index contributed by atoms with van der Waals surface area (Å²) in [7, 11) is 0. The fraction of sp³-hybridized carbons (Fsp3) is 0.667. The van der Waals surface area contributed by atoms with Gasteiger partial charge in [-0.1, -0.05) is 34.8 Å². The van der Waals surface area contributed by atoms with Crippen LogP contribution in [0.1, 0.15) is 0 Å². The number of carboxylic acids is 3. The molecule has 0 aromatic heterocycles. The van der Waals surface area contributed by atoms with Crippen molar-refractivity contribution < 1.29 is 60.3 Å². The van der Waals surface area contributed by atoms with Crippen molar-refractivity contribution in [1.29, 1.82) is 0 Å². The van der Waals surface area contributed by atoms with Gasteiger partial charge in [0.15, 0.2) is 0 Å². The van der Waals surface area contributed by atoms with Crippen molar-refractivity contribution in [2.45, 2.75) is 15.2 Å². The largest absolute Gasteiger partial charge is 3.00 e.